The van der Waals surface area contributed by atoms with Crippen molar-refractivity contribution in [3.8, 4) is 0 Å². The summed E-state index contributed by atoms with van der Waals surface area (Å²) in [6.07, 6.45) is 3.22. The van der Waals surface area contributed by atoms with Gasteiger partial charge in [-0.2, -0.15) is 0 Å². The fraction of sp³-hybridized carbons (Fsp3) is 0.600. The van der Waals surface area contributed by atoms with Crippen molar-refractivity contribution in [3.63, 3.8) is 0 Å². The van der Waals surface area contributed by atoms with Gasteiger partial charge in [-0.3, -0.25) is 0 Å². The van der Waals surface area contributed by atoms with Crippen LogP contribution < -0.4 is 0 Å². The molecule has 1 atom stereocenters. The fourth-order valence-corrected chi connectivity index (χ4v) is 2.26. The van der Waals surface area contributed by atoms with Crippen molar-refractivity contribution in [1.82, 2.24) is 4.90 Å². The summed E-state index contributed by atoms with van der Waals surface area (Å²) in [5.41, 5.74) is -0.494. The second-order valence-corrected chi connectivity index (χ2v) is 7.06. The van der Waals surface area contributed by atoms with E-state index in [1.165, 1.54) is 19.4 Å². The van der Waals surface area contributed by atoms with Gasteiger partial charge in [-0.05, 0) is 20.8 Å². The van der Waals surface area contributed by atoms with Gasteiger partial charge in [-0.1, -0.05) is 0 Å². The Hall–Kier alpha value is -0.452. The van der Waals surface area contributed by atoms with E-state index >= 15 is 0 Å². The van der Waals surface area contributed by atoms with Gasteiger partial charge in [0, 0.05) is 0 Å². The van der Waals surface area contributed by atoms with Crippen molar-refractivity contribution in [2.75, 3.05) is 26.3 Å². The number of allylic oxidation sites excluding steroid dienone is 2. The van der Waals surface area contributed by atoms with Crippen LogP contribution in [0.4, 0.5) is 4.79 Å². The molecule has 1 aliphatic heterocycles. The number of hydrogen-bond donors (Lipinski definition) is 0. The summed E-state index contributed by atoms with van der Waals surface area (Å²) in [6, 6.07) is 0. The number of rotatable bonds is 5. The molecule has 1 amide bonds. The van der Waals surface area contributed by atoms with Gasteiger partial charge < -0.3 is 0 Å². The van der Waals surface area contributed by atoms with Crippen molar-refractivity contribution >= 4 is 26.4 Å². The number of hydrogen-bond acceptors (Lipinski definition) is 4. The van der Waals surface area contributed by atoms with Gasteiger partial charge in [0.15, 0.2) is 0 Å². The van der Waals surface area contributed by atoms with Crippen molar-refractivity contribution in [2.45, 2.75) is 32.5 Å². The number of ether oxygens (including phenoxy) is 3. The standard InChI is InChI=1S/C15H21BrNO4.W/c1-5-6-12(9-16)20-11-13-10-17(7-8-19-13)14(18)21-15(2,3)4;/h1,5-6,13H,7-8,10-11H2,2-4H3;/q-1;/b6-5-;/t13-;/m0./s1. The van der Waals surface area contributed by atoms with Crippen LogP contribution in [0.5, 0.6) is 0 Å². The summed E-state index contributed by atoms with van der Waals surface area (Å²) < 4.78 is 18.6. The molecule has 0 unspecified atom stereocenters. The third-order valence-electron chi connectivity index (χ3n) is 2.63. The Labute approximate surface area is 151 Å². The van der Waals surface area contributed by atoms with E-state index in [0.29, 0.717) is 32.1 Å². The molecule has 5 nitrogen and oxygen atoms in total. The predicted octanol–water partition coefficient (Wildman–Crippen LogP) is 2.58. The van der Waals surface area contributed by atoms with Gasteiger partial charge >= 0.3 is 131 Å². The molecular weight excluding hydrogens is 522 g/mol. The molecule has 22 heavy (non-hydrogen) atoms. The topological polar surface area (TPSA) is 48.0 Å². The zero-order valence-electron chi connectivity index (χ0n) is 13.0. The van der Waals surface area contributed by atoms with Crippen LogP contribution in [0.1, 0.15) is 20.8 Å². The van der Waals surface area contributed by atoms with E-state index in [-0.39, 0.29) is 12.2 Å². The van der Waals surface area contributed by atoms with Gasteiger partial charge in [-0.15, -0.1) is 0 Å². The summed E-state index contributed by atoms with van der Waals surface area (Å²) in [4.78, 5) is 16.5. The number of morpholine rings is 1. The predicted molar refractivity (Wildman–Crippen MR) is 84.4 cm³/mol. The normalized spacial score (nSPS) is 20.1. The zero-order valence-corrected chi connectivity index (χ0v) is 17.5. The van der Waals surface area contributed by atoms with Crippen molar-refractivity contribution in [1.29, 1.82) is 0 Å². The van der Waals surface area contributed by atoms with Crippen molar-refractivity contribution < 1.29 is 38.4 Å². The SMILES string of the molecule is CC(C)(C)OC(=O)N1CCO[C@H](COC(=[C-]Br)/C=C\[CH]=[W])C1. The van der Waals surface area contributed by atoms with E-state index < -0.39 is 5.60 Å². The minimum absolute atomic E-state index is 0.179. The molecule has 0 radical (unpaired) electrons. The molecule has 0 saturated carbocycles. The molecule has 0 spiro atoms. The molecule has 7 heteroatoms. The molecule has 0 aromatic rings. The molecule has 1 rings (SSSR count). The zero-order chi connectivity index (χ0) is 16.6. The van der Waals surface area contributed by atoms with E-state index in [1.807, 2.05) is 37.3 Å². The molecule has 0 aliphatic carbocycles. The van der Waals surface area contributed by atoms with Gasteiger partial charge in [-0.25, -0.2) is 0 Å². The van der Waals surface area contributed by atoms with Crippen molar-refractivity contribution in [3.05, 3.63) is 22.9 Å². The third-order valence-corrected chi connectivity index (χ3v) is 3.59. The minimum atomic E-state index is -0.494. The van der Waals surface area contributed by atoms with Gasteiger partial charge in [0.05, 0.1) is 0 Å². The van der Waals surface area contributed by atoms with Gasteiger partial charge in [0.25, 0.3) is 0 Å². The molecular formula is C15H21BrNO4W-. The summed E-state index contributed by atoms with van der Waals surface area (Å²) in [5.74, 6) is 0.593. The van der Waals surface area contributed by atoms with E-state index in [1.54, 1.807) is 4.90 Å². The first-order chi connectivity index (χ1) is 10.4. The first-order valence-electron chi connectivity index (χ1n) is 6.93. The average molecular weight is 543 g/mol. The number of amides is 1. The molecule has 1 aliphatic rings. The van der Waals surface area contributed by atoms with Crippen LogP contribution in [0.3, 0.4) is 0 Å². The van der Waals surface area contributed by atoms with E-state index in [4.69, 9.17) is 14.2 Å². The van der Waals surface area contributed by atoms with E-state index in [9.17, 15) is 4.79 Å². The fourth-order valence-electron chi connectivity index (χ4n) is 1.73. The summed E-state index contributed by atoms with van der Waals surface area (Å²) >= 11 is 4.51. The number of carbonyl (C=O) groups is 1. The summed E-state index contributed by atoms with van der Waals surface area (Å²) in [5, 5.41) is 0. The number of nitrogens with zero attached hydrogens (tertiary/aromatic N) is 1. The van der Waals surface area contributed by atoms with E-state index in [2.05, 4.69) is 20.9 Å². The first kappa shape index (κ1) is 19.6. The number of carbonyl (C=O) groups excluding carboxylic acids is 1. The number of halogens is 1. The van der Waals surface area contributed by atoms with Crippen LogP contribution >= 0.6 is 15.9 Å². The Morgan fingerprint density at radius 3 is 2.86 bits per heavy atom. The van der Waals surface area contributed by atoms with Crippen LogP contribution in [0.25, 0.3) is 0 Å². The van der Waals surface area contributed by atoms with Crippen LogP contribution in [0.2, 0.25) is 0 Å². The first-order valence-corrected chi connectivity index (χ1v) is 9.42. The second kappa shape index (κ2) is 9.63. The Morgan fingerprint density at radius 1 is 1.55 bits per heavy atom. The molecule has 1 heterocycles. The molecule has 0 aromatic carbocycles. The molecule has 0 bridgehead atoms. The Bertz CT molecular complexity index is 445. The van der Waals surface area contributed by atoms with Gasteiger partial charge in [0.1, 0.15) is 0 Å². The summed E-state index contributed by atoms with van der Waals surface area (Å²) in [7, 11) is 0. The summed E-state index contributed by atoms with van der Waals surface area (Å²) in [6.45, 7) is 7.39. The van der Waals surface area contributed by atoms with E-state index in [0.717, 1.165) is 0 Å². The average Bonchev–Trinajstić information content (AvgIpc) is 2.46. The monoisotopic (exact) mass is 542 g/mol. The molecule has 0 N–H and O–H groups in total. The quantitative estimate of drug-likeness (QED) is 0.304. The second-order valence-electron chi connectivity index (χ2n) is 5.68. The van der Waals surface area contributed by atoms with Crippen LogP contribution in [0, 0.1) is 4.99 Å². The molecule has 124 valence electrons. The Morgan fingerprint density at radius 2 is 2.27 bits per heavy atom. The van der Waals surface area contributed by atoms with Crippen LogP contribution in [0.15, 0.2) is 17.9 Å². The maximum absolute atomic E-state index is 12.1. The maximum atomic E-state index is 12.1. The van der Waals surface area contributed by atoms with Crippen LogP contribution in [-0.4, -0.2) is 53.4 Å². The third kappa shape index (κ3) is 7.70. The van der Waals surface area contributed by atoms with Gasteiger partial charge in [0.2, 0.25) is 0 Å². The van der Waals surface area contributed by atoms with Crippen molar-refractivity contribution in [2.24, 2.45) is 0 Å². The Balaban J connectivity index is 2.48. The molecule has 1 saturated heterocycles. The molecule has 1 fully saturated rings. The molecule has 0 aromatic heterocycles. The Kier molecular flexibility index (Phi) is 8.58. The van der Waals surface area contributed by atoms with Crippen LogP contribution in [-0.2, 0) is 33.6 Å².